The summed E-state index contributed by atoms with van der Waals surface area (Å²) in [4.78, 5) is 17.3. The van der Waals surface area contributed by atoms with Gasteiger partial charge in [-0.25, -0.2) is 9.78 Å². The van der Waals surface area contributed by atoms with Gasteiger partial charge in [-0.15, -0.1) is 0 Å². The largest absolute Gasteiger partial charge is 0.475 e. The fraction of sp³-hybridized carbons (Fsp3) is 0.600. The number of amides is 2. The van der Waals surface area contributed by atoms with Crippen LogP contribution < -0.4 is 10.1 Å². The molecule has 1 atom stereocenters. The number of urea groups is 1. The molecular formula is C15H20F3N3O3. The molecule has 2 rings (SSSR count). The minimum absolute atomic E-state index is 0.0579. The fourth-order valence-electron chi connectivity index (χ4n) is 2.40. The molecule has 0 aromatic carbocycles. The number of pyridine rings is 1. The Hall–Kier alpha value is -2.03. The number of ether oxygens (including phenoxy) is 2. The van der Waals surface area contributed by atoms with Crippen molar-refractivity contribution < 1.29 is 27.4 Å². The third kappa shape index (κ3) is 5.26. The average molecular weight is 347 g/mol. The van der Waals surface area contributed by atoms with Crippen LogP contribution in [0.5, 0.6) is 5.88 Å². The second-order valence-corrected chi connectivity index (χ2v) is 5.48. The number of halogens is 3. The Balaban J connectivity index is 1.87. The predicted molar refractivity (Wildman–Crippen MR) is 81.0 cm³/mol. The molecule has 1 saturated heterocycles. The monoisotopic (exact) mass is 347 g/mol. The van der Waals surface area contributed by atoms with Gasteiger partial charge in [0.25, 0.3) is 0 Å². The molecule has 2 heterocycles. The van der Waals surface area contributed by atoms with Gasteiger partial charge in [-0.1, -0.05) is 0 Å². The molecule has 0 aliphatic carbocycles. The Kier molecular flexibility index (Phi) is 6.24. The summed E-state index contributed by atoms with van der Waals surface area (Å²) < 4.78 is 48.5. The molecule has 1 aliphatic rings. The van der Waals surface area contributed by atoms with Gasteiger partial charge in [0.1, 0.15) is 6.61 Å². The van der Waals surface area contributed by atoms with Crippen LogP contribution in [-0.4, -0.2) is 55.5 Å². The van der Waals surface area contributed by atoms with Crippen LogP contribution in [0.3, 0.4) is 0 Å². The zero-order valence-electron chi connectivity index (χ0n) is 13.3. The third-order valence-electron chi connectivity index (χ3n) is 3.70. The van der Waals surface area contributed by atoms with Crippen LogP contribution in [0, 0.1) is 5.92 Å². The number of carbonyl (C=O) groups excluding carboxylic acids is 1. The molecule has 1 N–H and O–H groups in total. The Labute approximate surface area is 137 Å². The lowest BCUT2D eigenvalue weighted by Gasteiger charge is -2.33. The molecule has 0 bridgehead atoms. The molecule has 9 heteroatoms. The first kappa shape index (κ1) is 18.3. The van der Waals surface area contributed by atoms with Crippen LogP contribution >= 0.6 is 0 Å². The number of nitrogens with zero attached hydrogens (tertiary/aromatic N) is 2. The Bertz CT molecular complexity index is 537. The van der Waals surface area contributed by atoms with Gasteiger partial charge < -0.3 is 19.7 Å². The number of alkyl halides is 3. The highest BCUT2D eigenvalue weighted by atomic mass is 19.4. The molecule has 2 amide bonds. The van der Waals surface area contributed by atoms with Gasteiger partial charge in [-0.2, -0.15) is 13.2 Å². The van der Waals surface area contributed by atoms with E-state index in [1.807, 2.05) is 0 Å². The molecular weight excluding hydrogens is 327 g/mol. The number of aromatic nitrogens is 1. The van der Waals surface area contributed by atoms with Crippen LogP contribution in [0.1, 0.15) is 12.8 Å². The number of rotatable bonds is 5. The predicted octanol–water partition coefficient (Wildman–Crippen LogP) is 2.91. The summed E-state index contributed by atoms with van der Waals surface area (Å²) in [6.45, 7) is 0.766. The van der Waals surface area contributed by atoms with Crippen molar-refractivity contribution >= 4 is 11.7 Å². The maximum Gasteiger partial charge on any atom is 0.393 e. The lowest BCUT2D eigenvalue weighted by Crippen LogP contribution is -2.46. The zero-order chi connectivity index (χ0) is 17.6. The number of hydrogen-bond donors (Lipinski definition) is 1. The number of likely N-dealkylation sites (tertiary alicyclic amines) is 1. The van der Waals surface area contributed by atoms with Gasteiger partial charge in [-0.3, -0.25) is 0 Å². The van der Waals surface area contributed by atoms with Crippen molar-refractivity contribution in [3.63, 3.8) is 0 Å². The van der Waals surface area contributed by atoms with Crippen molar-refractivity contribution in [2.24, 2.45) is 5.92 Å². The topological polar surface area (TPSA) is 63.7 Å². The van der Waals surface area contributed by atoms with Crippen LogP contribution in [0.4, 0.5) is 23.7 Å². The second-order valence-electron chi connectivity index (χ2n) is 5.48. The van der Waals surface area contributed by atoms with Crippen LogP contribution in [0.15, 0.2) is 18.3 Å². The molecule has 134 valence electrons. The molecule has 6 nitrogen and oxygen atoms in total. The van der Waals surface area contributed by atoms with Gasteiger partial charge in [0.05, 0.1) is 24.4 Å². The van der Waals surface area contributed by atoms with Gasteiger partial charge in [0.15, 0.2) is 0 Å². The van der Waals surface area contributed by atoms with Crippen molar-refractivity contribution in [2.75, 3.05) is 38.7 Å². The van der Waals surface area contributed by atoms with E-state index in [-0.39, 0.29) is 13.0 Å². The molecule has 1 aromatic heterocycles. The SMILES string of the molecule is COCCOc1ccc(NC(=O)N2CCC[C@H](C(F)(F)F)C2)cn1. The molecule has 0 spiro atoms. The van der Waals surface area contributed by atoms with Crippen molar-refractivity contribution in [1.82, 2.24) is 9.88 Å². The summed E-state index contributed by atoms with van der Waals surface area (Å²) in [6.07, 6.45) is -2.49. The highest BCUT2D eigenvalue weighted by molar-refractivity contribution is 5.89. The van der Waals surface area contributed by atoms with E-state index >= 15 is 0 Å². The van der Waals surface area contributed by atoms with Gasteiger partial charge >= 0.3 is 12.2 Å². The summed E-state index contributed by atoms with van der Waals surface area (Å²) in [5.41, 5.74) is 0.397. The second kappa shape index (κ2) is 8.18. The number of piperidine rings is 1. The van der Waals surface area contributed by atoms with Crippen molar-refractivity contribution in [3.8, 4) is 5.88 Å². The van der Waals surface area contributed by atoms with E-state index in [0.717, 1.165) is 0 Å². The summed E-state index contributed by atoms with van der Waals surface area (Å²) in [5, 5.41) is 2.56. The van der Waals surface area contributed by atoms with Crippen LogP contribution in [0.2, 0.25) is 0 Å². The summed E-state index contributed by atoms with van der Waals surface area (Å²) in [7, 11) is 1.55. The molecule has 1 fully saturated rings. The Morgan fingerprint density at radius 1 is 1.42 bits per heavy atom. The molecule has 0 unspecified atom stereocenters. The molecule has 1 aromatic rings. The van der Waals surface area contributed by atoms with Gasteiger partial charge in [0, 0.05) is 26.3 Å². The third-order valence-corrected chi connectivity index (χ3v) is 3.70. The van der Waals surface area contributed by atoms with E-state index in [9.17, 15) is 18.0 Å². The van der Waals surface area contributed by atoms with Crippen LogP contribution in [0.25, 0.3) is 0 Å². The Morgan fingerprint density at radius 3 is 2.83 bits per heavy atom. The molecule has 24 heavy (non-hydrogen) atoms. The van der Waals surface area contributed by atoms with Crippen molar-refractivity contribution in [2.45, 2.75) is 19.0 Å². The minimum Gasteiger partial charge on any atom is -0.475 e. The lowest BCUT2D eigenvalue weighted by atomic mass is 9.98. The number of anilines is 1. The smallest absolute Gasteiger partial charge is 0.393 e. The quantitative estimate of drug-likeness (QED) is 0.832. The van der Waals surface area contributed by atoms with E-state index < -0.39 is 18.1 Å². The molecule has 0 radical (unpaired) electrons. The van der Waals surface area contributed by atoms with E-state index in [4.69, 9.17) is 9.47 Å². The summed E-state index contributed by atoms with van der Waals surface area (Å²) >= 11 is 0. The van der Waals surface area contributed by atoms with Gasteiger partial charge in [0.2, 0.25) is 5.88 Å². The van der Waals surface area contributed by atoms with E-state index in [1.54, 1.807) is 19.2 Å². The number of nitrogens with one attached hydrogen (secondary N) is 1. The summed E-state index contributed by atoms with van der Waals surface area (Å²) in [5.74, 6) is -1.09. The lowest BCUT2D eigenvalue weighted by molar-refractivity contribution is -0.183. The molecule has 0 saturated carbocycles. The first-order valence-corrected chi connectivity index (χ1v) is 7.60. The van der Waals surface area contributed by atoms with E-state index in [1.165, 1.54) is 11.1 Å². The normalized spacial score (nSPS) is 18.3. The summed E-state index contributed by atoms with van der Waals surface area (Å²) in [6, 6.07) is 2.59. The minimum atomic E-state index is -4.28. The first-order valence-electron chi connectivity index (χ1n) is 7.60. The van der Waals surface area contributed by atoms with E-state index in [0.29, 0.717) is 37.7 Å². The first-order chi connectivity index (χ1) is 11.4. The van der Waals surface area contributed by atoms with Crippen molar-refractivity contribution in [3.05, 3.63) is 18.3 Å². The van der Waals surface area contributed by atoms with Gasteiger partial charge in [-0.05, 0) is 18.9 Å². The highest BCUT2D eigenvalue weighted by Gasteiger charge is 2.42. The number of methoxy groups -OCH3 is 1. The van der Waals surface area contributed by atoms with Crippen LogP contribution in [-0.2, 0) is 4.74 Å². The average Bonchev–Trinajstić information content (AvgIpc) is 2.56. The highest BCUT2D eigenvalue weighted by Crippen LogP contribution is 2.33. The number of carbonyl (C=O) groups is 1. The standard InChI is InChI=1S/C15H20F3N3O3/c1-23-7-8-24-13-5-4-12(9-19-13)20-14(22)21-6-2-3-11(10-21)15(16,17)18/h4-5,9,11H,2-3,6-8,10H2,1H3,(H,20,22)/t11-/m0/s1. The van der Waals surface area contributed by atoms with E-state index in [2.05, 4.69) is 10.3 Å². The maximum absolute atomic E-state index is 12.8. The Morgan fingerprint density at radius 2 is 2.21 bits per heavy atom. The number of hydrogen-bond acceptors (Lipinski definition) is 4. The molecule has 1 aliphatic heterocycles. The maximum atomic E-state index is 12.8. The van der Waals surface area contributed by atoms with Crippen molar-refractivity contribution in [1.29, 1.82) is 0 Å². The zero-order valence-corrected chi connectivity index (χ0v) is 13.3. The fourth-order valence-corrected chi connectivity index (χ4v) is 2.40.